The molecule has 64 heavy (non-hydrogen) atoms. The summed E-state index contributed by atoms with van der Waals surface area (Å²) in [6, 6.07) is 58.8. The molecule has 310 valence electrons. The summed E-state index contributed by atoms with van der Waals surface area (Å²) in [5.74, 6) is 0.642. The van der Waals surface area contributed by atoms with E-state index in [1.165, 1.54) is 21.8 Å². The first-order valence-electron chi connectivity index (χ1n) is 21.8. The zero-order valence-corrected chi connectivity index (χ0v) is 36.2. The second-order valence-corrected chi connectivity index (χ2v) is 16.0. The minimum Gasteiger partial charge on any atom is -0.383 e. The Hall–Kier alpha value is -8.28. The number of allylic oxidation sites excluding steroid dienone is 7. The number of para-hydroxylation sites is 4. The summed E-state index contributed by atoms with van der Waals surface area (Å²) in [7, 11) is 0. The van der Waals surface area contributed by atoms with Gasteiger partial charge in [0.05, 0.1) is 33.3 Å². The molecule has 10 rings (SSSR count). The molecule has 0 aliphatic carbocycles. The molecule has 0 saturated carbocycles. The van der Waals surface area contributed by atoms with Crippen molar-refractivity contribution in [3.8, 4) is 28.2 Å². The van der Waals surface area contributed by atoms with Gasteiger partial charge in [0.15, 0.2) is 0 Å². The van der Waals surface area contributed by atoms with Gasteiger partial charge in [-0.05, 0) is 109 Å². The number of hydrogen-bond donors (Lipinski definition) is 1. The average molecular weight is 828 g/mol. The van der Waals surface area contributed by atoms with Crippen molar-refractivity contribution in [2.45, 2.75) is 13.8 Å². The smallest absolute Gasteiger partial charge is 0.133 e. The number of nitrogens with two attached hydrogens (primary N) is 1. The van der Waals surface area contributed by atoms with Gasteiger partial charge in [0.2, 0.25) is 0 Å². The zero-order chi connectivity index (χ0) is 43.7. The molecule has 0 radical (unpaired) electrons. The first kappa shape index (κ1) is 39.8. The van der Waals surface area contributed by atoms with Crippen molar-refractivity contribution in [1.29, 1.82) is 0 Å². The summed E-state index contributed by atoms with van der Waals surface area (Å²) in [6.45, 7) is 12.8. The highest BCUT2D eigenvalue weighted by Gasteiger charge is 2.27. The maximum absolute atomic E-state index is 7.56. The number of nitrogens with zero attached hydrogens (tertiary/aromatic N) is 4. The molecule has 3 aromatic heterocycles. The lowest BCUT2D eigenvalue weighted by Gasteiger charge is -2.27. The molecular formula is C59H49N5. The summed E-state index contributed by atoms with van der Waals surface area (Å²) in [4.78, 5) is 2.30. The molecule has 7 aromatic carbocycles. The minimum atomic E-state index is 0.546. The van der Waals surface area contributed by atoms with Crippen LogP contribution in [0.3, 0.4) is 0 Å². The second kappa shape index (κ2) is 16.9. The van der Waals surface area contributed by atoms with Gasteiger partial charge in [-0.25, -0.2) is 0 Å². The largest absolute Gasteiger partial charge is 0.383 e. The molecule has 0 aliphatic heterocycles. The molecule has 0 atom stereocenters. The summed E-state index contributed by atoms with van der Waals surface area (Å²) < 4.78 is 7.02. The van der Waals surface area contributed by atoms with E-state index in [9.17, 15) is 0 Å². The van der Waals surface area contributed by atoms with E-state index >= 15 is 0 Å². The molecular weight excluding hydrogens is 779 g/mol. The van der Waals surface area contributed by atoms with Crippen LogP contribution < -0.4 is 10.6 Å². The number of rotatable bonds is 12. The Labute approximate surface area is 374 Å². The van der Waals surface area contributed by atoms with Crippen LogP contribution in [-0.2, 0) is 0 Å². The van der Waals surface area contributed by atoms with Gasteiger partial charge in [0, 0.05) is 56.2 Å². The molecule has 0 bridgehead atoms. The van der Waals surface area contributed by atoms with Crippen LogP contribution in [0, 0.1) is 0 Å². The Kier molecular flexibility index (Phi) is 10.5. The maximum atomic E-state index is 7.56. The minimum absolute atomic E-state index is 0.546. The number of anilines is 2. The van der Waals surface area contributed by atoms with Crippen molar-refractivity contribution in [3.05, 3.63) is 237 Å². The van der Waals surface area contributed by atoms with Crippen LogP contribution in [0.15, 0.2) is 237 Å². The first-order chi connectivity index (χ1) is 31.5. The van der Waals surface area contributed by atoms with E-state index in [2.05, 4.69) is 221 Å². The molecule has 2 N–H and O–H groups in total. The van der Waals surface area contributed by atoms with Gasteiger partial charge in [0.25, 0.3) is 0 Å². The summed E-state index contributed by atoms with van der Waals surface area (Å²) in [5.41, 5.74) is 21.6. The second-order valence-electron chi connectivity index (χ2n) is 16.0. The third-order valence-electron chi connectivity index (χ3n) is 12.3. The lowest BCUT2D eigenvalue weighted by molar-refractivity contribution is 1.01. The molecule has 0 unspecified atom stereocenters. The average Bonchev–Trinajstić information content (AvgIpc) is 3.97. The molecule has 0 fully saturated rings. The lowest BCUT2D eigenvalue weighted by atomic mass is 10.0. The summed E-state index contributed by atoms with van der Waals surface area (Å²) in [6.07, 6.45) is 16.1. The standard InChI is InChI=1S/C59H49N5/c1-5-9-22-41(7-3)40-61(44(8-4)23-10-6-2)58-50-35-34-49-52-39-43(42-32-36-54-51(38-42)48-30-20-21-31-53(48)62(54)45-24-14-11-15-25-45)33-37-55(52)63(46-26-16-12-17-27-46)56(49)57(50)64(59(58)60)47-28-18-13-19-29-47/h5-39H,2-3,40,60H2,1,4H3/b9-5-,23-10-,41-22+,44-8+. The molecule has 10 aromatic rings. The number of benzene rings is 7. The van der Waals surface area contributed by atoms with E-state index < -0.39 is 0 Å². The highest BCUT2D eigenvalue weighted by atomic mass is 15.2. The van der Waals surface area contributed by atoms with Gasteiger partial charge >= 0.3 is 0 Å². The van der Waals surface area contributed by atoms with Crippen molar-refractivity contribution in [2.75, 3.05) is 17.2 Å². The van der Waals surface area contributed by atoms with Crippen molar-refractivity contribution in [2.24, 2.45) is 0 Å². The van der Waals surface area contributed by atoms with Gasteiger partial charge in [-0.3, -0.25) is 4.57 Å². The Morgan fingerprint density at radius 2 is 1.08 bits per heavy atom. The Morgan fingerprint density at radius 1 is 0.547 bits per heavy atom. The third kappa shape index (κ3) is 6.66. The van der Waals surface area contributed by atoms with E-state index in [-0.39, 0.29) is 0 Å². The number of fused-ring (bicyclic) bond motifs is 8. The van der Waals surface area contributed by atoms with E-state index in [1.807, 2.05) is 31.2 Å². The Morgan fingerprint density at radius 3 is 1.69 bits per heavy atom. The molecule has 0 amide bonds. The van der Waals surface area contributed by atoms with Crippen LogP contribution >= 0.6 is 0 Å². The first-order valence-corrected chi connectivity index (χ1v) is 21.8. The van der Waals surface area contributed by atoms with Crippen molar-refractivity contribution >= 4 is 66.0 Å². The van der Waals surface area contributed by atoms with Crippen LogP contribution in [0.2, 0.25) is 0 Å². The predicted octanol–water partition coefficient (Wildman–Crippen LogP) is 15.2. The van der Waals surface area contributed by atoms with E-state index in [0.29, 0.717) is 12.4 Å². The zero-order valence-electron chi connectivity index (χ0n) is 36.2. The maximum Gasteiger partial charge on any atom is 0.133 e. The van der Waals surface area contributed by atoms with E-state index in [0.717, 1.165) is 77.9 Å². The van der Waals surface area contributed by atoms with Gasteiger partial charge in [-0.2, -0.15) is 0 Å². The fourth-order valence-corrected chi connectivity index (χ4v) is 9.43. The lowest BCUT2D eigenvalue weighted by Crippen LogP contribution is -2.25. The number of aromatic nitrogens is 3. The van der Waals surface area contributed by atoms with Crippen LogP contribution in [-0.4, -0.2) is 20.2 Å². The third-order valence-corrected chi connectivity index (χ3v) is 12.3. The Bertz CT molecular complexity index is 3520. The van der Waals surface area contributed by atoms with E-state index in [4.69, 9.17) is 5.73 Å². The van der Waals surface area contributed by atoms with Crippen LogP contribution in [0.4, 0.5) is 11.5 Å². The number of hydrogen-bond acceptors (Lipinski definition) is 2. The van der Waals surface area contributed by atoms with Gasteiger partial charge in [0.1, 0.15) is 5.82 Å². The molecule has 0 saturated heterocycles. The Balaban J connectivity index is 1.27. The molecule has 0 spiro atoms. The molecule has 5 heteroatoms. The highest BCUT2D eigenvalue weighted by Crippen LogP contribution is 2.47. The fourth-order valence-electron chi connectivity index (χ4n) is 9.43. The molecule has 0 aliphatic rings. The SMILES string of the molecule is C=C/C=C\C(=C/C)N(C/C(C=C)=C/C=C\C)c1c(N)n(-c2ccccc2)c2c1ccc1c3cc(-c4ccc5c(c4)c4ccccc4n5-c4ccccc4)ccc3n(-c3ccccc3)c12. The van der Waals surface area contributed by atoms with Gasteiger partial charge in [-0.1, -0.05) is 147 Å². The van der Waals surface area contributed by atoms with E-state index in [1.54, 1.807) is 6.08 Å². The van der Waals surface area contributed by atoms with Crippen LogP contribution in [0.25, 0.3) is 82.7 Å². The van der Waals surface area contributed by atoms with Gasteiger partial charge < -0.3 is 19.8 Å². The normalized spacial score (nSPS) is 12.5. The van der Waals surface area contributed by atoms with Crippen molar-refractivity contribution < 1.29 is 0 Å². The highest BCUT2D eigenvalue weighted by molar-refractivity contribution is 6.22. The topological polar surface area (TPSA) is 44.0 Å². The molecule has 5 nitrogen and oxygen atoms in total. The number of nitrogen functional groups attached to an aromatic ring is 1. The van der Waals surface area contributed by atoms with Crippen LogP contribution in [0.1, 0.15) is 13.8 Å². The summed E-state index contributed by atoms with van der Waals surface area (Å²) >= 11 is 0. The van der Waals surface area contributed by atoms with Crippen LogP contribution in [0.5, 0.6) is 0 Å². The quantitative estimate of drug-likeness (QED) is 0.125. The van der Waals surface area contributed by atoms with Gasteiger partial charge in [-0.15, -0.1) is 0 Å². The predicted molar refractivity (Wildman–Crippen MR) is 275 cm³/mol. The van der Waals surface area contributed by atoms with Crippen molar-refractivity contribution in [3.63, 3.8) is 0 Å². The van der Waals surface area contributed by atoms with Crippen molar-refractivity contribution in [1.82, 2.24) is 13.7 Å². The monoisotopic (exact) mass is 827 g/mol. The summed E-state index contributed by atoms with van der Waals surface area (Å²) in [5, 5.41) is 5.79. The fraction of sp³-hybridized carbons (Fsp3) is 0.0508. The molecule has 3 heterocycles.